The molecular weight excluding hydrogens is 286 g/mol. The molecule has 1 N–H and O–H groups in total. The van der Waals surface area contributed by atoms with Gasteiger partial charge in [-0.15, -0.1) is 0 Å². The first kappa shape index (κ1) is 16.9. The second kappa shape index (κ2) is 6.51. The lowest BCUT2D eigenvalue weighted by Crippen LogP contribution is -2.54. The molecule has 20 heavy (non-hydrogen) atoms. The summed E-state index contributed by atoms with van der Waals surface area (Å²) in [4.78, 5) is 26.0. The van der Waals surface area contributed by atoms with Crippen molar-refractivity contribution in [3.63, 3.8) is 0 Å². The summed E-state index contributed by atoms with van der Waals surface area (Å²) >= 11 is 0. The molecule has 0 aromatic carbocycles. The monoisotopic (exact) mass is 307 g/mol. The van der Waals surface area contributed by atoms with Gasteiger partial charge in [-0.2, -0.15) is 4.31 Å². The van der Waals surface area contributed by atoms with Crippen molar-refractivity contribution in [2.75, 3.05) is 46.8 Å². The molecule has 1 heterocycles. The summed E-state index contributed by atoms with van der Waals surface area (Å²) in [6, 6.07) is 0. The predicted molar refractivity (Wildman–Crippen MR) is 72.7 cm³/mol. The number of aliphatic carboxylic acids is 1. The molecule has 0 spiro atoms. The second-order valence-corrected chi connectivity index (χ2v) is 7.30. The van der Waals surface area contributed by atoms with Crippen LogP contribution in [0.3, 0.4) is 0 Å². The minimum absolute atomic E-state index is 0.0571. The number of rotatable bonds is 5. The number of amides is 1. The maximum absolute atomic E-state index is 12.0. The minimum atomic E-state index is -3.85. The van der Waals surface area contributed by atoms with Gasteiger partial charge in [-0.1, -0.05) is 0 Å². The normalized spacial score (nSPS) is 19.1. The molecule has 116 valence electrons. The zero-order valence-corrected chi connectivity index (χ0v) is 12.8. The van der Waals surface area contributed by atoms with Gasteiger partial charge in [-0.05, 0) is 21.0 Å². The molecule has 8 nitrogen and oxygen atoms in total. The van der Waals surface area contributed by atoms with Crippen LogP contribution < -0.4 is 0 Å². The van der Waals surface area contributed by atoms with E-state index in [0.29, 0.717) is 0 Å². The number of carbonyl (C=O) groups excluding carboxylic acids is 1. The van der Waals surface area contributed by atoms with Crippen molar-refractivity contribution in [2.45, 2.75) is 12.2 Å². The first-order valence-corrected chi connectivity index (χ1v) is 7.81. The van der Waals surface area contributed by atoms with E-state index in [0.717, 1.165) is 11.2 Å². The molecule has 1 fully saturated rings. The van der Waals surface area contributed by atoms with Crippen LogP contribution in [0.15, 0.2) is 0 Å². The maximum atomic E-state index is 12.0. The highest BCUT2D eigenvalue weighted by Crippen LogP contribution is 2.13. The van der Waals surface area contributed by atoms with E-state index >= 15 is 0 Å². The van der Waals surface area contributed by atoms with Crippen molar-refractivity contribution < 1.29 is 23.1 Å². The average Bonchev–Trinajstić information content (AvgIpc) is 2.37. The lowest BCUT2D eigenvalue weighted by molar-refractivity contribution is -0.136. The Balaban J connectivity index is 2.62. The molecule has 1 rings (SSSR count). The fourth-order valence-corrected chi connectivity index (χ4v) is 3.29. The third-order valence-corrected chi connectivity index (χ3v) is 5.38. The molecule has 1 atom stereocenters. The molecular formula is C11H21N3O5S. The second-order valence-electron chi connectivity index (χ2n) is 5.04. The fraction of sp³-hybridized carbons (Fsp3) is 0.818. The predicted octanol–water partition coefficient (Wildman–Crippen LogP) is -1.50. The SMILES string of the molecule is CC(C(=O)O)S(=O)(=O)N1CCN(C(=O)CN(C)C)CC1. The Bertz CT molecular complexity index is 468. The first-order valence-electron chi connectivity index (χ1n) is 6.30. The van der Waals surface area contributed by atoms with Crippen molar-refractivity contribution in [1.82, 2.24) is 14.1 Å². The summed E-state index contributed by atoms with van der Waals surface area (Å²) in [5, 5.41) is 7.35. The number of carboxylic acid groups (broad SMARTS) is 1. The third-order valence-electron chi connectivity index (χ3n) is 3.20. The molecule has 0 radical (unpaired) electrons. The lowest BCUT2D eigenvalue weighted by atomic mass is 10.3. The minimum Gasteiger partial charge on any atom is -0.480 e. The van der Waals surface area contributed by atoms with E-state index in [1.807, 2.05) is 0 Å². The highest BCUT2D eigenvalue weighted by molar-refractivity contribution is 7.90. The molecule has 1 unspecified atom stereocenters. The van der Waals surface area contributed by atoms with Crippen molar-refractivity contribution in [3.8, 4) is 0 Å². The highest BCUT2D eigenvalue weighted by atomic mass is 32.2. The Labute approximate surface area is 119 Å². The number of hydrogen-bond donors (Lipinski definition) is 1. The van der Waals surface area contributed by atoms with Gasteiger partial charge >= 0.3 is 5.97 Å². The average molecular weight is 307 g/mol. The van der Waals surface area contributed by atoms with Gasteiger partial charge in [-0.3, -0.25) is 9.59 Å². The number of piperazine rings is 1. The van der Waals surface area contributed by atoms with Gasteiger partial charge in [-0.25, -0.2) is 8.42 Å². The number of nitrogens with zero attached hydrogens (tertiary/aromatic N) is 3. The summed E-state index contributed by atoms with van der Waals surface area (Å²) in [5.74, 6) is -1.42. The molecule has 1 aliphatic heterocycles. The van der Waals surface area contributed by atoms with Crippen LogP contribution in [0.25, 0.3) is 0 Å². The van der Waals surface area contributed by atoms with Crippen LogP contribution >= 0.6 is 0 Å². The molecule has 1 amide bonds. The zero-order chi connectivity index (χ0) is 15.5. The maximum Gasteiger partial charge on any atom is 0.323 e. The molecule has 0 aromatic heterocycles. The molecule has 0 saturated carbocycles. The summed E-state index contributed by atoms with van der Waals surface area (Å²) in [5.41, 5.74) is 0. The van der Waals surface area contributed by atoms with E-state index in [1.54, 1.807) is 23.9 Å². The van der Waals surface area contributed by atoms with E-state index in [9.17, 15) is 18.0 Å². The van der Waals surface area contributed by atoms with Crippen molar-refractivity contribution in [3.05, 3.63) is 0 Å². The highest BCUT2D eigenvalue weighted by Gasteiger charge is 2.36. The van der Waals surface area contributed by atoms with E-state index < -0.39 is 21.2 Å². The van der Waals surface area contributed by atoms with Crippen molar-refractivity contribution >= 4 is 21.9 Å². The van der Waals surface area contributed by atoms with Gasteiger partial charge in [0.1, 0.15) is 0 Å². The van der Waals surface area contributed by atoms with Crippen LogP contribution in [0.1, 0.15) is 6.92 Å². The quantitative estimate of drug-likeness (QED) is 0.663. The Hall–Kier alpha value is -1.19. The van der Waals surface area contributed by atoms with E-state index in [2.05, 4.69) is 0 Å². The van der Waals surface area contributed by atoms with Crippen LogP contribution in [0.2, 0.25) is 0 Å². The Morgan fingerprint density at radius 2 is 1.70 bits per heavy atom. The largest absolute Gasteiger partial charge is 0.480 e. The number of hydrogen-bond acceptors (Lipinski definition) is 5. The van der Waals surface area contributed by atoms with E-state index in [4.69, 9.17) is 5.11 Å². The van der Waals surface area contributed by atoms with E-state index in [-0.39, 0.29) is 38.6 Å². The summed E-state index contributed by atoms with van der Waals surface area (Å²) in [6.45, 7) is 2.29. The topological polar surface area (TPSA) is 98.2 Å². The molecule has 1 aliphatic rings. The number of likely N-dealkylation sites (N-methyl/N-ethyl adjacent to an activating group) is 1. The Morgan fingerprint density at radius 3 is 2.10 bits per heavy atom. The van der Waals surface area contributed by atoms with Gasteiger partial charge < -0.3 is 14.9 Å². The molecule has 9 heteroatoms. The summed E-state index contributed by atoms with van der Waals surface area (Å²) in [7, 11) is -0.278. The van der Waals surface area contributed by atoms with Crippen molar-refractivity contribution in [1.29, 1.82) is 0 Å². The van der Waals surface area contributed by atoms with E-state index in [1.165, 1.54) is 0 Å². The van der Waals surface area contributed by atoms with Gasteiger partial charge in [0, 0.05) is 26.2 Å². The first-order chi connectivity index (χ1) is 9.16. The van der Waals surface area contributed by atoms with Gasteiger partial charge in [0.25, 0.3) is 0 Å². The molecule has 0 bridgehead atoms. The zero-order valence-electron chi connectivity index (χ0n) is 11.9. The smallest absolute Gasteiger partial charge is 0.323 e. The molecule has 1 saturated heterocycles. The van der Waals surface area contributed by atoms with Crippen molar-refractivity contribution in [2.24, 2.45) is 0 Å². The fourth-order valence-electron chi connectivity index (χ4n) is 1.91. The van der Waals surface area contributed by atoms with Crippen LogP contribution in [-0.2, 0) is 19.6 Å². The number of carbonyl (C=O) groups is 2. The number of carboxylic acids is 1. The van der Waals surface area contributed by atoms with Crippen LogP contribution in [0, 0.1) is 0 Å². The third kappa shape index (κ3) is 3.90. The summed E-state index contributed by atoms with van der Waals surface area (Å²) in [6.07, 6.45) is 0. The Morgan fingerprint density at radius 1 is 1.20 bits per heavy atom. The van der Waals surface area contributed by atoms with Gasteiger partial charge in [0.15, 0.2) is 5.25 Å². The van der Waals surface area contributed by atoms with Crippen LogP contribution in [0.5, 0.6) is 0 Å². The van der Waals surface area contributed by atoms with Gasteiger partial charge in [0.2, 0.25) is 15.9 Å². The van der Waals surface area contributed by atoms with Gasteiger partial charge in [0.05, 0.1) is 6.54 Å². The van der Waals surface area contributed by atoms with Crippen LogP contribution in [0.4, 0.5) is 0 Å². The van der Waals surface area contributed by atoms with Crippen LogP contribution in [-0.4, -0.2) is 91.6 Å². The standard InChI is InChI=1S/C11H21N3O5S/c1-9(11(16)17)20(18,19)14-6-4-13(5-7-14)10(15)8-12(2)3/h9H,4-8H2,1-3H3,(H,16,17). The molecule has 0 aliphatic carbocycles. The summed E-state index contributed by atoms with van der Waals surface area (Å²) < 4.78 is 25.2. The Kier molecular flexibility index (Phi) is 5.49. The molecule has 0 aromatic rings. The number of sulfonamides is 1. The lowest BCUT2D eigenvalue weighted by Gasteiger charge is -2.35.